The maximum Gasteiger partial charge on any atom is 0.0497 e. The van der Waals surface area contributed by atoms with Crippen LogP contribution < -0.4 is 0 Å². The summed E-state index contributed by atoms with van der Waals surface area (Å²) in [6.45, 7) is 2.08. The second kappa shape index (κ2) is 3.64. The lowest BCUT2D eigenvalue weighted by Crippen LogP contribution is -2.21. The lowest BCUT2D eigenvalue weighted by atomic mass is 9.89. The Morgan fingerprint density at radius 1 is 1.07 bits per heavy atom. The minimum absolute atomic E-state index is 0.795. The van der Waals surface area contributed by atoms with Crippen molar-refractivity contribution in [2.24, 2.45) is 23.7 Å². The molecule has 0 heterocycles. The molecule has 3 radical (unpaired) electrons. The number of ether oxygens (including phenoxy) is 1. The molecule has 3 fully saturated rings. The van der Waals surface area contributed by atoms with E-state index in [9.17, 15) is 0 Å². The molecule has 1 nitrogen and oxygen atoms in total. The standard InChI is InChI=1S/C12H19OSi/c14-12-5-9-3-10(11(12)4-9)7-13-6-8-1-2-8/h8-12H,1-7H2. The normalized spacial score (nSPS) is 46.1. The zero-order valence-electron chi connectivity index (χ0n) is 8.74. The first-order valence-electron chi connectivity index (χ1n) is 6.12. The molecule has 0 aliphatic heterocycles. The smallest absolute Gasteiger partial charge is 0.0497 e. The second-order valence-corrected chi connectivity index (χ2v) is 6.33. The first-order chi connectivity index (χ1) is 6.83. The van der Waals surface area contributed by atoms with Gasteiger partial charge in [0, 0.05) is 23.5 Å². The van der Waals surface area contributed by atoms with Gasteiger partial charge in [-0.05, 0) is 54.9 Å². The van der Waals surface area contributed by atoms with Crippen LogP contribution in [-0.2, 0) is 4.74 Å². The van der Waals surface area contributed by atoms with Gasteiger partial charge in [0.05, 0.1) is 0 Å². The summed E-state index contributed by atoms with van der Waals surface area (Å²) in [5.74, 6) is 3.73. The summed E-state index contributed by atoms with van der Waals surface area (Å²) in [6.07, 6.45) is 7.15. The van der Waals surface area contributed by atoms with E-state index in [-0.39, 0.29) is 0 Å². The third-order valence-corrected chi connectivity index (χ3v) is 5.00. The first kappa shape index (κ1) is 9.41. The summed E-state index contributed by atoms with van der Waals surface area (Å²) >= 11 is 0. The van der Waals surface area contributed by atoms with Crippen LogP contribution in [0.1, 0.15) is 32.1 Å². The minimum atomic E-state index is 0.795. The van der Waals surface area contributed by atoms with Crippen molar-refractivity contribution in [1.29, 1.82) is 0 Å². The highest BCUT2D eigenvalue weighted by molar-refractivity contribution is 6.12. The molecule has 14 heavy (non-hydrogen) atoms. The van der Waals surface area contributed by atoms with Crippen LogP contribution in [0, 0.1) is 23.7 Å². The van der Waals surface area contributed by atoms with Gasteiger partial charge in [0.1, 0.15) is 0 Å². The molecule has 3 rings (SSSR count). The van der Waals surface area contributed by atoms with Crippen molar-refractivity contribution < 1.29 is 4.74 Å². The number of rotatable bonds is 4. The van der Waals surface area contributed by atoms with Crippen LogP contribution in [0.5, 0.6) is 0 Å². The molecule has 4 unspecified atom stereocenters. The van der Waals surface area contributed by atoms with Crippen molar-refractivity contribution in [2.45, 2.75) is 37.6 Å². The molecule has 3 aliphatic rings. The lowest BCUT2D eigenvalue weighted by molar-refractivity contribution is 0.0720. The third kappa shape index (κ3) is 1.79. The van der Waals surface area contributed by atoms with E-state index in [0.717, 1.165) is 42.4 Å². The van der Waals surface area contributed by atoms with Crippen molar-refractivity contribution in [2.75, 3.05) is 13.2 Å². The molecule has 0 aromatic carbocycles. The molecular weight excluding hydrogens is 188 g/mol. The van der Waals surface area contributed by atoms with E-state index in [0.29, 0.717) is 0 Å². The summed E-state index contributed by atoms with van der Waals surface area (Å²) in [7, 11) is 3.86. The molecule has 2 heteroatoms. The van der Waals surface area contributed by atoms with Crippen LogP contribution in [0.3, 0.4) is 0 Å². The molecule has 77 valence electrons. The van der Waals surface area contributed by atoms with E-state index in [1.54, 1.807) is 0 Å². The van der Waals surface area contributed by atoms with Gasteiger partial charge in [-0.15, -0.1) is 0 Å². The molecular formula is C12H19OSi. The Hall–Kier alpha value is 0.177. The van der Waals surface area contributed by atoms with Gasteiger partial charge in [-0.3, -0.25) is 0 Å². The average Bonchev–Trinajstić information content (AvgIpc) is 2.79. The van der Waals surface area contributed by atoms with Crippen molar-refractivity contribution >= 4 is 10.2 Å². The fraction of sp³-hybridized carbons (Fsp3) is 1.00. The maximum atomic E-state index is 5.82. The van der Waals surface area contributed by atoms with Gasteiger partial charge < -0.3 is 4.74 Å². The fourth-order valence-corrected chi connectivity index (χ4v) is 4.10. The number of hydrogen-bond donors (Lipinski definition) is 0. The van der Waals surface area contributed by atoms with Crippen molar-refractivity contribution in [1.82, 2.24) is 0 Å². The fourth-order valence-electron chi connectivity index (χ4n) is 3.36. The zero-order chi connectivity index (χ0) is 9.54. The second-order valence-electron chi connectivity index (χ2n) is 5.58. The van der Waals surface area contributed by atoms with E-state index < -0.39 is 0 Å². The van der Waals surface area contributed by atoms with Gasteiger partial charge in [0.15, 0.2) is 0 Å². The molecule has 0 amide bonds. The lowest BCUT2D eigenvalue weighted by Gasteiger charge is -2.26. The van der Waals surface area contributed by atoms with Crippen LogP contribution >= 0.6 is 0 Å². The van der Waals surface area contributed by atoms with Crippen LogP contribution in [0.2, 0.25) is 5.54 Å². The van der Waals surface area contributed by atoms with E-state index in [1.165, 1.54) is 32.1 Å². The Kier molecular flexibility index (Phi) is 2.44. The number of fused-ring (bicyclic) bond motifs is 2. The van der Waals surface area contributed by atoms with Crippen molar-refractivity contribution in [3.63, 3.8) is 0 Å². The molecule has 0 aromatic rings. The quantitative estimate of drug-likeness (QED) is 0.643. The Labute approximate surface area is 90.0 Å². The first-order valence-corrected chi connectivity index (χ1v) is 6.69. The molecule has 0 saturated heterocycles. The van der Waals surface area contributed by atoms with Gasteiger partial charge in [-0.1, -0.05) is 6.42 Å². The predicted molar refractivity (Wildman–Crippen MR) is 57.4 cm³/mol. The summed E-state index contributed by atoms with van der Waals surface area (Å²) in [5, 5.41) is 0. The summed E-state index contributed by atoms with van der Waals surface area (Å²) in [4.78, 5) is 0. The molecule has 0 spiro atoms. The van der Waals surface area contributed by atoms with Crippen LogP contribution in [0.15, 0.2) is 0 Å². The van der Waals surface area contributed by atoms with E-state index in [1.807, 2.05) is 0 Å². The molecule has 3 saturated carbocycles. The highest BCUT2D eigenvalue weighted by atomic mass is 28.1. The van der Waals surface area contributed by atoms with Crippen LogP contribution in [0.4, 0.5) is 0 Å². The van der Waals surface area contributed by atoms with Crippen molar-refractivity contribution in [3.8, 4) is 0 Å². The molecule has 0 aromatic heterocycles. The maximum absolute atomic E-state index is 5.82. The SMILES string of the molecule is [Si]C1CC2CC(COCC3CC3)C1C2. The monoisotopic (exact) mass is 207 g/mol. The number of hydrogen-bond acceptors (Lipinski definition) is 1. The summed E-state index contributed by atoms with van der Waals surface area (Å²) < 4.78 is 5.82. The van der Waals surface area contributed by atoms with Gasteiger partial charge >= 0.3 is 0 Å². The van der Waals surface area contributed by atoms with Crippen molar-refractivity contribution in [3.05, 3.63) is 0 Å². The molecule has 4 atom stereocenters. The Balaban J connectivity index is 1.44. The van der Waals surface area contributed by atoms with E-state index in [2.05, 4.69) is 10.2 Å². The largest absolute Gasteiger partial charge is 0.381 e. The molecule has 3 aliphatic carbocycles. The van der Waals surface area contributed by atoms with Gasteiger partial charge in [-0.25, -0.2) is 0 Å². The highest BCUT2D eigenvalue weighted by Crippen LogP contribution is 2.53. The minimum Gasteiger partial charge on any atom is -0.381 e. The highest BCUT2D eigenvalue weighted by Gasteiger charge is 2.43. The molecule has 2 bridgehead atoms. The summed E-state index contributed by atoms with van der Waals surface area (Å²) in [6, 6.07) is 0. The Morgan fingerprint density at radius 2 is 1.93 bits per heavy atom. The zero-order valence-corrected chi connectivity index (χ0v) is 9.74. The molecule has 0 N–H and O–H groups in total. The van der Waals surface area contributed by atoms with Gasteiger partial charge in [0.25, 0.3) is 0 Å². The average molecular weight is 207 g/mol. The topological polar surface area (TPSA) is 9.23 Å². The van der Waals surface area contributed by atoms with Crippen LogP contribution in [-0.4, -0.2) is 23.5 Å². The third-order valence-electron chi connectivity index (χ3n) is 4.33. The Morgan fingerprint density at radius 3 is 2.57 bits per heavy atom. The van der Waals surface area contributed by atoms with E-state index >= 15 is 0 Å². The van der Waals surface area contributed by atoms with Gasteiger partial charge in [0.2, 0.25) is 0 Å². The summed E-state index contributed by atoms with van der Waals surface area (Å²) in [5.41, 5.74) is 0.795. The van der Waals surface area contributed by atoms with Crippen LogP contribution in [0.25, 0.3) is 0 Å². The van der Waals surface area contributed by atoms with E-state index in [4.69, 9.17) is 4.74 Å². The Bertz CT molecular complexity index is 214. The predicted octanol–water partition coefficient (Wildman–Crippen LogP) is 2.42. The van der Waals surface area contributed by atoms with Gasteiger partial charge in [-0.2, -0.15) is 0 Å².